The van der Waals surface area contributed by atoms with Crippen molar-refractivity contribution < 1.29 is 33.0 Å². The number of hydrogen-bond donors (Lipinski definition) is 1. The van der Waals surface area contributed by atoms with Crippen LogP contribution in [0, 0.1) is 5.92 Å². The number of anilines is 1. The van der Waals surface area contributed by atoms with Crippen LogP contribution in [0.15, 0.2) is 18.2 Å². The number of methoxy groups -OCH3 is 1. The standard InChI is InChI=1S/C13H13F2NO5/c1-20-10-5-8(2-3-9(10)21-13(14)15)16-6-7(12(18)19)4-11(16)17/h2-3,5,7,13H,4,6H2,1H3,(H,18,19). The first-order chi connectivity index (χ1) is 9.92. The summed E-state index contributed by atoms with van der Waals surface area (Å²) < 4.78 is 33.7. The summed E-state index contributed by atoms with van der Waals surface area (Å²) in [4.78, 5) is 24.0. The molecule has 0 saturated carbocycles. The third-order valence-corrected chi connectivity index (χ3v) is 3.15. The van der Waals surface area contributed by atoms with Crippen LogP contribution < -0.4 is 14.4 Å². The van der Waals surface area contributed by atoms with Crippen LogP contribution in [0.3, 0.4) is 0 Å². The number of benzene rings is 1. The smallest absolute Gasteiger partial charge is 0.387 e. The second-order valence-electron chi connectivity index (χ2n) is 4.46. The fraction of sp³-hybridized carbons (Fsp3) is 0.385. The Balaban J connectivity index is 2.25. The van der Waals surface area contributed by atoms with Crippen LogP contribution in [0.25, 0.3) is 0 Å². The first-order valence-corrected chi connectivity index (χ1v) is 6.08. The van der Waals surface area contributed by atoms with Gasteiger partial charge in [-0.05, 0) is 12.1 Å². The summed E-state index contributed by atoms with van der Waals surface area (Å²) in [7, 11) is 1.28. The predicted molar refractivity (Wildman–Crippen MR) is 67.7 cm³/mol. The van der Waals surface area contributed by atoms with Gasteiger partial charge in [0.2, 0.25) is 5.91 Å². The van der Waals surface area contributed by atoms with Crippen molar-refractivity contribution in [3.05, 3.63) is 18.2 Å². The fourth-order valence-electron chi connectivity index (χ4n) is 2.14. The SMILES string of the molecule is COc1cc(N2CC(C(=O)O)CC2=O)ccc1OC(F)F. The molecule has 0 spiro atoms. The molecular formula is C13H13F2NO5. The number of alkyl halides is 2. The summed E-state index contributed by atoms with van der Waals surface area (Å²) in [6.07, 6.45) is -0.0903. The number of aliphatic carboxylic acids is 1. The van der Waals surface area contributed by atoms with Crippen LogP contribution in [0.2, 0.25) is 0 Å². The molecule has 0 aromatic heterocycles. The van der Waals surface area contributed by atoms with E-state index < -0.39 is 18.5 Å². The Morgan fingerprint density at radius 1 is 1.43 bits per heavy atom. The van der Waals surface area contributed by atoms with E-state index in [2.05, 4.69) is 4.74 Å². The Morgan fingerprint density at radius 2 is 2.14 bits per heavy atom. The highest BCUT2D eigenvalue weighted by Gasteiger charge is 2.35. The number of carboxylic acids is 1. The van der Waals surface area contributed by atoms with Gasteiger partial charge in [-0.3, -0.25) is 9.59 Å². The minimum absolute atomic E-state index is 0.0341. The van der Waals surface area contributed by atoms with E-state index in [0.29, 0.717) is 5.69 Å². The number of carbonyl (C=O) groups is 2. The quantitative estimate of drug-likeness (QED) is 0.896. The minimum Gasteiger partial charge on any atom is -0.493 e. The lowest BCUT2D eigenvalue weighted by Crippen LogP contribution is -2.25. The van der Waals surface area contributed by atoms with Crippen molar-refractivity contribution in [1.29, 1.82) is 0 Å². The van der Waals surface area contributed by atoms with E-state index in [1.165, 1.54) is 30.2 Å². The van der Waals surface area contributed by atoms with Crippen molar-refractivity contribution in [3.8, 4) is 11.5 Å². The molecule has 1 saturated heterocycles. The number of amides is 1. The molecule has 1 atom stereocenters. The van der Waals surface area contributed by atoms with Gasteiger partial charge in [-0.25, -0.2) is 0 Å². The normalized spacial score (nSPS) is 18.2. The molecular weight excluding hydrogens is 288 g/mol. The summed E-state index contributed by atoms with van der Waals surface area (Å²) >= 11 is 0. The highest BCUT2D eigenvalue weighted by atomic mass is 19.3. The molecule has 0 bridgehead atoms. The Hall–Kier alpha value is -2.38. The van der Waals surface area contributed by atoms with Gasteiger partial charge in [0.05, 0.1) is 13.0 Å². The zero-order valence-corrected chi connectivity index (χ0v) is 11.1. The summed E-state index contributed by atoms with van der Waals surface area (Å²) in [5.41, 5.74) is 0.377. The predicted octanol–water partition coefficient (Wildman–Crippen LogP) is 1.73. The first kappa shape index (κ1) is 15.0. The van der Waals surface area contributed by atoms with E-state index in [0.717, 1.165) is 0 Å². The maximum atomic E-state index is 12.2. The van der Waals surface area contributed by atoms with E-state index in [1.807, 2.05) is 0 Å². The molecule has 114 valence electrons. The minimum atomic E-state index is -2.99. The molecule has 1 amide bonds. The van der Waals surface area contributed by atoms with Crippen molar-refractivity contribution in [2.45, 2.75) is 13.0 Å². The molecule has 1 heterocycles. The molecule has 21 heavy (non-hydrogen) atoms. The molecule has 1 fully saturated rings. The van der Waals surface area contributed by atoms with Gasteiger partial charge in [-0.1, -0.05) is 0 Å². The van der Waals surface area contributed by atoms with Gasteiger partial charge >= 0.3 is 12.6 Å². The van der Waals surface area contributed by atoms with Gasteiger partial charge in [0.25, 0.3) is 0 Å². The molecule has 1 aliphatic heterocycles. The Bertz CT molecular complexity index is 563. The highest BCUT2D eigenvalue weighted by Crippen LogP contribution is 2.35. The van der Waals surface area contributed by atoms with Crippen LogP contribution >= 0.6 is 0 Å². The van der Waals surface area contributed by atoms with Crippen LogP contribution in [-0.2, 0) is 9.59 Å². The monoisotopic (exact) mass is 301 g/mol. The summed E-state index contributed by atoms with van der Waals surface area (Å²) in [6, 6.07) is 4.02. The van der Waals surface area contributed by atoms with Gasteiger partial charge in [0.1, 0.15) is 0 Å². The first-order valence-electron chi connectivity index (χ1n) is 6.08. The van der Waals surface area contributed by atoms with Crippen molar-refractivity contribution in [2.75, 3.05) is 18.6 Å². The van der Waals surface area contributed by atoms with Crippen LogP contribution in [0.1, 0.15) is 6.42 Å². The fourth-order valence-corrected chi connectivity index (χ4v) is 2.14. The zero-order chi connectivity index (χ0) is 15.6. The number of carbonyl (C=O) groups excluding carboxylic acids is 1. The van der Waals surface area contributed by atoms with E-state index in [1.54, 1.807) is 0 Å². The lowest BCUT2D eigenvalue weighted by atomic mass is 10.1. The average Bonchev–Trinajstić information content (AvgIpc) is 2.81. The topological polar surface area (TPSA) is 76.1 Å². The summed E-state index contributed by atoms with van der Waals surface area (Å²) in [5, 5.41) is 8.93. The van der Waals surface area contributed by atoms with Crippen molar-refractivity contribution >= 4 is 17.6 Å². The Kier molecular flexibility index (Phi) is 4.25. The lowest BCUT2D eigenvalue weighted by molar-refractivity contribution is -0.141. The third kappa shape index (κ3) is 3.21. The second-order valence-corrected chi connectivity index (χ2v) is 4.46. The molecule has 0 radical (unpaired) electrons. The largest absolute Gasteiger partial charge is 0.493 e. The maximum absolute atomic E-state index is 12.2. The van der Waals surface area contributed by atoms with Crippen molar-refractivity contribution in [1.82, 2.24) is 0 Å². The van der Waals surface area contributed by atoms with Gasteiger partial charge in [-0.2, -0.15) is 8.78 Å². The van der Waals surface area contributed by atoms with Crippen LogP contribution in [0.5, 0.6) is 11.5 Å². The number of halogens is 2. The molecule has 6 nitrogen and oxygen atoms in total. The molecule has 1 aliphatic rings. The van der Waals surface area contributed by atoms with Crippen molar-refractivity contribution in [3.63, 3.8) is 0 Å². The Morgan fingerprint density at radius 3 is 2.67 bits per heavy atom. The molecule has 1 unspecified atom stereocenters. The van der Waals surface area contributed by atoms with E-state index in [4.69, 9.17) is 9.84 Å². The van der Waals surface area contributed by atoms with E-state index in [9.17, 15) is 18.4 Å². The highest BCUT2D eigenvalue weighted by molar-refractivity contribution is 5.99. The zero-order valence-electron chi connectivity index (χ0n) is 11.1. The van der Waals surface area contributed by atoms with Crippen molar-refractivity contribution in [2.24, 2.45) is 5.92 Å². The van der Waals surface area contributed by atoms with Crippen LogP contribution in [0.4, 0.5) is 14.5 Å². The number of hydrogen-bond acceptors (Lipinski definition) is 4. The van der Waals surface area contributed by atoms with Crippen LogP contribution in [-0.4, -0.2) is 37.2 Å². The van der Waals surface area contributed by atoms with E-state index >= 15 is 0 Å². The number of nitrogens with zero attached hydrogens (tertiary/aromatic N) is 1. The molecule has 2 rings (SSSR count). The number of rotatable bonds is 5. The van der Waals surface area contributed by atoms with Gasteiger partial charge in [0, 0.05) is 24.7 Å². The molecule has 1 aromatic rings. The Labute approximate surface area is 118 Å². The summed E-state index contributed by atoms with van der Waals surface area (Å²) in [6.45, 7) is -2.96. The average molecular weight is 301 g/mol. The van der Waals surface area contributed by atoms with Gasteiger partial charge in [-0.15, -0.1) is 0 Å². The molecule has 1 N–H and O–H groups in total. The number of carboxylic acid groups (broad SMARTS) is 1. The number of ether oxygens (including phenoxy) is 2. The molecule has 1 aromatic carbocycles. The van der Waals surface area contributed by atoms with Gasteiger partial charge < -0.3 is 19.5 Å². The van der Waals surface area contributed by atoms with Gasteiger partial charge in [0.15, 0.2) is 11.5 Å². The second kappa shape index (κ2) is 5.94. The van der Waals surface area contributed by atoms with E-state index in [-0.39, 0.29) is 30.4 Å². The summed E-state index contributed by atoms with van der Waals surface area (Å²) in [5.74, 6) is -2.28. The maximum Gasteiger partial charge on any atom is 0.387 e. The lowest BCUT2D eigenvalue weighted by Gasteiger charge is -2.18. The third-order valence-electron chi connectivity index (χ3n) is 3.15. The molecule has 0 aliphatic carbocycles. The molecule has 8 heteroatoms.